The molecule has 0 aliphatic carbocycles. The molecule has 0 unspecified atom stereocenters. The topological polar surface area (TPSA) is 70.5 Å². The summed E-state index contributed by atoms with van der Waals surface area (Å²) in [6.45, 7) is 0.521. The van der Waals surface area contributed by atoms with Crippen LogP contribution in [0.15, 0.2) is 66.7 Å². The van der Waals surface area contributed by atoms with Crippen molar-refractivity contribution < 1.29 is 36.6 Å². The minimum absolute atomic E-state index is 0.0122. The summed E-state index contributed by atoms with van der Waals surface area (Å²) in [6, 6.07) is 14.6. The predicted molar refractivity (Wildman–Crippen MR) is 117 cm³/mol. The third-order valence-corrected chi connectivity index (χ3v) is 5.26. The Morgan fingerprint density at radius 2 is 1.54 bits per heavy atom. The molecule has 0 aliphatic rings. The van der Waals surface area contributed by atoms with Crippen molar-refractivity contribution in [2.45, 2.75) is 38.5 Å². The standard InChI is InChI=1S/C25H21F5N2O3/c1-16-13-20(24(26,27)12-11-17-7-9-19(10-8-17)23(34)35)14-21(31-16)22(33)32(25(28,29)30)15-18-5-3-2-4-6-18/h2-10,13-14H,11-12,15H2,1H3,(H,34,35). The van der Waals surface area contributed by atoms with E-state index in [0.717, 1.165) is 6.07 Å². The van der Waals surface area contributed by atoms with Gasteiger partial charge in [-0.15, -0.1) is 13.2 Å². The third-order valence-electron chi connectivity index (χ3n) is 5.26. The van der Waals surface area contributed by atoms with E-state index >= 15 is 0 Å². The highest BCUT2D eigenvalue weighted by Crippen LogP contribution is 2.34. The van der Waals surface area contributed by atoms with Crippen molar-refractivity contribution in [2.24, 2.45) is 0 Å². The van der Waals surface area contributed by atoms with Crippen LogP contribution in [-0.4, -0.2) is 33.2 Å². The van der Waals surface area contributed by atoms with Crippen molar-refractivity contribution in [3.63, 3.8) is 0 Å². The molecule has 1 amide bonds. The molecular formula is C25H21F5N2O3. The van der Waals surface area contributed by atoms with E-state index in [4.69, 9.17) is 5.11 Å². The van der Waals surface area contributed by atoms with E-state index in [1.54, 1.807) is 6.07 Å². The normalized spacial score (nSPS) is 11.8. The van der Waals surface area contributed by atoms with Crippen LogP contribution < -0.4 is 0 Å². The minimum Gasteiger partial charge on any atom is -0.478 e. The van der Waals surface area contributed by atoms with Crippen LogP contribution in [-0.2, 0) is 18.9 Å². The number of carboxylic acid groups (broad SMARTS) is 1. The number of hydrogen-bond acceptors (Lipinski definition) is 3. The molecule has 35 heavy (non-hydrogen) atoms. The van der Waals surface area contributed by atoms with Crippen LogP contribution in [0.3, 0.4) is 0 Å². The number of pyridine rings is 1. The zero-order valence-electron chi connectivity index (χ0n) is 18.5. The van der Waals surface area contributed by atoms with Crippen molar-refractivity contribution >= 4 is 11.9 Å². The average molecular weight is 492 g/mol. The molecule has 0 saturated carbocycles. The fourth-order valence-electron chi connectivity index (χ4n) is 3.43. The van der Waals surface area contributed by atoms with Gasteiger partial charge >= 0.3 is 12.3 Å². The van der Waals surface area contributed by atoms with E-state index in [-0.39, 0.29) is 28.1 Å². The second kappa shape index (κ2) is 10.2. The molecule has 2 aromatic carbocycles. The molecule has 0 aliphatic heterocycles. The molecule has 3 rings (SSSR count). The summed E-state index contributed by atoms with van der Waals surface area (Å²) in [4.78, 5) is 27.1. The first-order valence-electron chi connectivity index (χ1n) is 10.5. The molecule has 1 aromatic heterocycles. The Kier molecular flexibility index (Phi) is 7.52. The van der Waals surface area contributed by atoms with Gasteiger partial charge in [-0.05, 0) is 48.7 Å². The van der Waals surface area contributed by atoms with Crippen molar-refractivity contribution in [2.75, 3.05) is 0 Å². The monoisotopic (exact) mass is 492 g/mol. The Bertz CT molecular complexity index is 1200. The second-order valence-corrected chi connectivity index (χ2v) is 7.93. The Labute approximate surface area is 197 Å². The van der Waals surface area contributed by atoms with Gasteiger partial charge in [0.1, 0.15) is 5.69 Å². The molecule has 10 heteroatoms. The van der Waals surface area contributed by atoms with E-state index in [9.17, 15) is 31.5 Å². The summed E-state index contributed by atoms with van der Waals surface area (Å²) in [6.07, 6.45) is -5.88. The number of aromatic carboxylic acids is 1. The van der Waals surface area contributed by atoms with E-state index in [1.165, 1.54) is 55.5 Å². The maximum Gasteiger partial charge on any atom is 0.487 e. The molecule has 0 radical (unpaired) electrons. The highest BCUT2D eigenvalue weighted by Gasteiger charge is 2.42. The number of aryl methyl sites for hydroxylation is 2. The number of aromatic nitrogens is 1. The Hall–Kier alpha value is -3.82. The number of benzene rings is 2. The molecule has 0 atom stereocenters. The van der Waals surface area contributed by atoms with E-state index in [2.05, 4.69) is 4.98 Å². The summed E-state index contributed by atoms with van der Waals surface area (Å²) in [5.41, 5.74) is -0.708. The molecule has 184 valence electrons. The summed E-state index contributed by atoms with van der Waals surface area (Å²) >= 11 is 0. The Morgan fingerprint density at radius 3 is 2.11 bits per heavy atom. The molecule has 1 N–H and O–H groups in total. The fraction of sp³-hybridized carbons (Fsp3) is 0.240. The number of nitrogens with zero attached hydrogens (tertiary/aromatic N) is 2. The summed E-state index contributed by atoms with van der Waals surface area (Å²) in [5, 5.41) is 8.92. The van der Waals surface area contributed by atoms with Gasteiger partial charge in [-0.2, -0.15) is 0 Å². The van der Waals surface area contributed by atoms with E-state index < -0.39 is 48.3 Å². The molecule has 0 fully saturated rings. The van der Waals surface area contributed by atoms with Gasteiger partial charge in [0.2, 0.25) is 0 Å². The summed E-state index contributed by atoms with van der Waals surface area (Å²) in [7, 11) is 0. The van der Waals surface area contributed by atoms with Crippen LogP contribution in [0.25, 0.3) is 0 Å². The second-order valence-electron chi connectivity index (χ2n) is 7.93. The van der Waals surface area contributed by atoms with E-state index in [0.29, 0.717) is 11.6 Å². The predicted octanol–water partition coefficient (Wildman–Crippen LogP) is 5.98. The van der Waals surface area contributed by atoms with Crippen molar-refractivity contribution in [3.8, 4) is 0 Å². The Morgan fingerprint density at radius 1 is 0.914 bits per heavy atom. The first-order valence-corrected chi connectivity index (χ1v) is 10.5. The average Bonchev–Trinajstić information content (AvgIpc) is 2.80. The van der Waals surface area contributed by atoms with Gasteiger partial charge in [-0.25, -0.2) is 23.5 Å². The lowest BCUT2D eigenvalue weighted by Gasteiger charge is -2.25. The minimum atomic E-state index is -5.05. The largest absolute Gasteiger partial charge is 0.487 e. The van der Waals surface area contributed by atoms with Crippen molar-refractivity contribution in [1.29, 1.82) is 0 Å². The zero-order chi connectivity index (χ0) is 25.8. The number of carbonyl (C=O) groups excluding carboxylic acids is 1. The highest BCUT2D eigenvalue weighted by atomic mass is 19.4. The van der Waals surface area contributed by atoms with Crippen LogP contribution >= 0.6 is 0 Å². The van der Waals surface area contributed by atoms with Gasteiger partial charge in [0, 0.05) is 17.7 Å². The molecule has 5 nitrogen and oxygen atoms in total. The summed E-state index contributed by atoms with van der Waals surface area (Å²) < 4.78 is 70.9. The van der Waals surface area contributed by atoms with Crippen LogP contribution in [0.5, 0.6) is 0 Å². The van der Waals surface area contributed by atoms with Crippen LogP contribution in [0.1, 0.15) is 49.7 Å². The smallest absolute Gasteiger partial charge is 0.478 e. The number of carboxylic acids is 1. The van der Waals surface area contributed by atoms with Gasteiger partial charge in [-0.1, -0.05) is 42.5 Å². The van der Waals surface area contributed by atoms with Gasteiger partial charge in [0.25, 0.3) is 11.8 Å². The van der Waals surface area contributed by atoms with Gasteiger partial charge in [0.15, 0.2) is 0 Å². The maximum absolute atomic E-state index is 15.0. The van der Waals surface area contributed by atoms with Crippen molar-refractivity contribution in [3.05, 3.63) is 100 Å². The SMILES string of the molecule is Cc1cc(C(F)(F)CCc2ccc(C(=O)O)cc2)cc(C(=O)N(Cc2ccccc2)C(F)(F)F)n1. The lowest BCUT2D eigenvalue weighted by molar-refractivity contribution is -0.228. The first kappa shape index (κ1) is 25.8. The molecular weight excluding hydrogens is 471 g/mol. The van der Waals surface area contributed by atoms with E-state index in [1.807, 2.05) is 0 Å². The van der Waals surface area contributed by atoms with Crippen LogP contribution in [0.2, 0.25) is 0 Å². The highest BCUT2D eigenvalue weighted by molar-refractivity contribution is 5.92. The maximum atomic E-state index is 15.0. The lowest BCUT2D eigenvalue weighted by Crippen LogP contribution is -2.42. The quantitative estimate of drug-likeness (QED) is 0.311. The summed E-state index contributed by atoms with van der Waals surface area (Å²) in [5.74, 6) is -6.16. The van der Waals surface area contributed by atoms with Crippen molar-refractivity contribution in [1.82, 2.24) is 9.88 Å². The first-order chi connectivity index (χ1) is 16.4. The molecule has 0 saturated heterocycles. The van der Waals surface area contributed by atoms with Gasteiger partial charge in [0.05, 0.1) is 12.1 Å². The number of hydrogen-bond donors (Lipinski definition) is 1. The molecule has 0 spiro atoms. The number of amides is 1. The fourth-order valence-corrected chi connectivity index (χ4v) is 3.43. The zero-order valence-corrected chi connectivity index (χ0v) is 18.5. The van der Waals surface area contributed by atoms with Crippen LogP contribution in [0, 0.1) is 6.92 Å². The van der Waals surface area contributed by atoms with Gasteiger partial charge < -0.3 is 5.11 Å². The third kappa shape index (κ3) is 6.62. The van der Waals surface area contributed by atoms with Gasteiger partial charge in [-0.3, -0.25) is 4.79 Å². The molecule has 0 bridgehead atoms. The number of rotatable bonds is 8. The van der Waals surface area contributed by atoms with Crippen LogP contribution in [0.4, 0.5) is 22.0 Å². The lowest BCUT2D eigenvalue weighted by atomic mass is 9.99. The molecule has 3 aromatic rings. The molecule has 1 heterocycles. The number of alkyl halides is 5. The number of carbonyl (C=O) groups is 2. The Balaban J connectivity index is 1.84. The number of halogens is 5.